The zero-order chi connectivity index (χ0) is 17.5. The molecule has 0 unspecified atom stereocenters. The maximum Gasteiger partial charge on any atom is 0.101 e. The average molecular weight is 330 g/mol. The molecule has 1 N–H and O–H groups in total. The smallest absolute Gasteiger partial charge is 0.101 e. The predicted molar refractivity (Wildman–Crippen MR) is 98.8 cm³/mol. The van der Waals surface area contributed by atoms with Crippen LogP contribution in [0.15, 0.2) is 42.5 Å². The molecule has 2 aromatic carbocycles. The minimum atomic E-state index is 0.501. The van der Waals surface area contributed by atoms with Crippen molar-refractivity contribution in [2.24, 2.45) is 0 Å². The summed E-state index contributed by atoms with van der Waals surface area (Å²) in [7, 11) is 0. The molecule has 0 amide bonds. The monoisotopic (exact) mass is 330 g/mol. The maximum atomic E-state index is 9.22. The van der Waals surface area contributed by atoms with Crippen molar-refractivity contribution in [1.82, 2.24) is 4.90 Å². The van der Waals surface area contributed by atoms with Crippen LogP contribution in [0.1, 0.15) is 41.5 Å². The normalized spacial score (nSPS) is 14.5. The zero-order valence-electron chi connectivity index (χ0n) is 14.3. The lowest BCUT2D eigenvalue weighted by molar-refractivity contribution is 0.221. The van der Waals surface area contributed by atoms with E-state index in [9.17, 15) is 10.5 Å². The Labute approximate surface area is 149 Å². The molecular formula is C21H22N4. The fraction of sp³-hybridized carbons (Fsp3) is 0.333. The summed E-state index contributed by atoms with van der Waals surface area (Å²) in [6.45, 7) is 4.01. The summed E-state index contributed by atoms with van der Waals surface area (Å²) in [4.78, 5) is 2.51. The Bertz CT molecular complexity index is 758. The van der Waals surface area contributed by atoms with E-state index in [1.54, 1.807) is 18.2 Å². The molecule has 1 aliphatic heterocycles. The Hall–Kier alpha value is -2.82. The van der Waals surface area contributed by atoms with E-state index in [4.69, 9.17) is 0 Å². The number of likely N-dealkylation sites (tertiary alicyclic amines) is 1. The van der Waals surface area contributed by atoms with Gasteiger partial charge in [0.05, 0.1) is 16.8 Å². The van der Waals surface area contributed by atoms with Crippen LogP contribution in [-0.2, 0) is 13.1 Å². The highest BCUT2D eigenvalue weighted by Gasteiger charge is 2.10. The van der Waals surface area contributed by atoms with Gasteiger partial charge in [0, 0.05) is 13.1 Å². The number of nitrogens with one attached hydrogen (secondary N) is 1. The van der Waals surface area contributed by atoms with Gasteiger partial charge in [0.2, 0.25) is 0 Å². The van der Waals surface area contributed by atoms with Gasteiger partial charge in [-0.2, -0.15) is 10.5 Å². The Morgan fingerprint density at radius 3 is 2.04 bits per heavy atom. The molecule has 0 saturated carbocycles. The van der Waals surface area contributed by atoms with Crippen molar-refractivity contribution in [2.75, 3.05) is 18.4 Å². The van der Waals surface area contributed by atoms with Crippen molar-refractivity contribution in [3.63, 3.8) is 0 Å². The topological polar surface area (TPSA) is 62.9 Å². The molecule has 3 rings (SSSR count). The summed E-state index contributed by atoms with van der Waals surface area (Å²) in [5.41, 5.74) is 4.09. The minimum Gasteiger partial charge on any atom is -0.379 e. The fourth-order valence-corrected chi connectivity index (χ4v) is 3.26. The lowest BCUT2D eigenvalue weighted by Crippen LogP contribution is -2.29. The number of nitriles is 2. The number of benzene rings is 2. The Morgan fingerprint density at radius 2 is 1.44 bits per heavy atom. The Kier molecular flexibility index (Phi) is 5.67. The minimum absolute atomic E-state index is 0.501. The first kappa shape index (κ1) is 17.0. The number of hydrogen-bond donors (Lipinski definition) is 1. The Morgan fingerprint density at radius 1 is 0.840 bits per heavy atom. The summed E-state index contributed by atoms with van der Waals surface area (Å²) in [6, 6.07) is 18.1. The number of rotatable bonds is 5. The number of para-hydroxylation sites is 1. The third kappa shape index (κ3) is 4.38. The summed E-state index contributed by atoms with van der Waals surface area (Å²) >= 11 is 0. The van der Waals surface area contributed by atoms with Crippen LogP contribution in [0.2, 0.25) is 0 Å². The molecule has 126 valence electrons. The molecule has 2 aromatic rings. The van der Waals surface area contributed by atoms with Gasteiger partial charge < -0.3 is 5.32 Å². The highest BCUT2D eigenvalue weighted by molar-refractivity contribution is 5.66. The van der Waals surface area contributed by atoms with Gasteiger partial charge in [-0.25, -0.2) is 0 Å². The van der Waals surface area contributed by atoms with Gasteiger partial charge in [-0.3, -0.25) is 4.90 Å². The molecule has 4 heteroatoms. The van der Waals surface area contributed by atoms with Crippen molar-refractivity contribution in [3.8, 4) is 12.1 Å². The van der Waals surface area contributed by atoms with Crippen LogP contribution in [0, 0.1) is 22.7 Å². The van der Waals surface area contributed by atoms with Gasteiger partial charge >= 0.3 is 0 Å². The predicted octanol–water partition coefficient (Wildman–Crippen LogP) is 4.03. The van der Waals surface area contributed by atoms with Gasteiger partial charge in [0.1, 0.15) is 12.1 Å². The van der Waals surface area contributed by atoms with Crippen LogP contribution >= 0.6 is 0 Å². The lowest BCUT2D eigenvalue weighted by atomic mass is 10.1. The summed E-state index contributed by atoms with van der Waals surface area (Å²) < 4.78 is 0. The molecule has 0 aromatic heterocycles. The van der Waals surface area contributed by atoms with Gasteiger partial charge in [-0.05, 0) is 49.2 Å². The van der Waals surface area contributed by atoms with E-state index in [1.807, 2.05) is 0 Å². The highest BCUT2D eigenvalue weighted by atomic mass is 15.1. The van der Waals surface area contributed by atoms with Crippen molar-refractivity contribution < 1.29 is 0 Å². The second-order valence-electron chi connectivity index (χ2n) is 6.46. The number of piperidine rings is 1. The van der Waals surface area contributed by atoms with Crippen LogP contribution in [-0.4, -0.2) is 18.0 Å². The van der Waals surface area contributed by atoms with E-state index < -0.39 is 0 Å². The van der Waals surface area contributed by atoms with Crippen molar-refractivity contribution in [3.05, 3.63) is 64.7 Å². The molecule has 25 heavy (non-hydrogen) atoms. The first-order valence-corrected chi connectivity index (χ1v) is 8.77. The van der Waals surface area contributed by atoms with Crippen LogP contribution in [0.5, 0.6) is 0 Å². The zero-order valence-corrected chi connectivity index (χ0v) is 14.3. The third-order valence-corrected chi connectivity index (χ3v) is 4.65. The van der Waals surface area contributed by atoms with Crippen LogP contribution < -0.4 is 5.32 Å². The van der Waals surface area contributed by atoms with E-state index in [0.29, 0.717) is 23.4 Å². The van der Waals surface area contributed by atoms with Gasteiger partial charge in [-0.1, -0.05) is 36.8 Å². The van der Waals surface area contributed by atoms with E-state index in [2.05, 4.69) is 46.6 Å². The molecule has 1 aliphatic rings. The second kappa shape index (κ2) is 8.33. The van der Waals surface area contributed by atoms with Crippen LogP contribution in [0.4, 0.5) is 5.69 Å². The lowest BCUT2D eigenvalue weighted by Gasteiger charge is -2.26. The molecule has 1 fully saturated rings. The van der Waals surface area contributed by atoms with E-state index in [-0.39, 0.29) is 0 Å². The van der Waals surface area contributed by atoms with E-state index >= 15 is 0 Å². The summed E-state index contributed by atoms with van der Waals surface area (Å²) in [5, 5.41) is 21.7. The third-order valence-electron chi connectivity index (χ3n) is 4.65. The number of hydrogen-bond acceptors (Lipinski definition) is 4. The standard InChI is InChI=1S/C21H22N4/c22-13-19-5-4-6-20(14-23)21(19)24-15-17-7-9-18(10-8-17)16-25-11-2-1-3-12-25/h4-10,24H,1-3,11-12,15-16H2. The fourth-order valence-electron chi connectivity index (χ4n) is 3.26. The molecule has 0 radical (unpaired) electrons. The van der Waals surface area contributed by atoms with Gasteiger partial charge in [0.25, 0.3) is 0 Å². The Balaban J connectivity index is 1.63. The summed E-state index contributed by atoms with van der Waals surface area (Å²) in [6.07, 6.45) is 3.97. The molecule has 0 aliphatic carbocycles. The van der Waals surface area contributed by atoms with Crippen molar-refractivity contribution in [1.29, 1.82) is 10.5 Å². The molecule has 1 saturated heterocycles. The molecular weight excluding hydrogens is 308 g/mol. The summed E-state index contributed by atoms with van der Waals surface area (Å²) in [5.74, 6) is 0. The molecule has 4 nitrogen and oxygen atoms in total. The maximum absolute atomic E-state index is 9.22. The molecule has 0 bridgehead atoms. The first-order chi connectivity index (χ1) is 12.3. The number of anilines is 1. The SMILES string of the molecule is N#Cc1cccc(C#N)c1NCc1ccc(CN2CCCCC2)cc1. The van der Waals surface area contributed by atoms with Crippen molar-refractivity contribution >= 4 is 5.69 Å². The van der Waals surface area contributed by atoms with E-state index in [0.717, 1.165) is 12.1 Å². The average Bonchev–Trinajstić information content (AvgIpc) is 2.68. The molecule has 1 heterocycles. The van der Waals surface area contributed by atoms with E-state index in [1.165, 1.54) is 37.9 Å². The molecule has 0 spiro atoms. The van der Waals surface area contributed by atoms with Crippen molar-refractivity contribution in [2.45, 2.75) is 32.4 Å². The van der Waals surface area contributed by atoms with Crippen LogP contribution in [0.3, 0.4) is 0 Å². The molecule has 0 atom stereocenters. The van der Waals surface area contributed by atoms with Gasteiger partial charge in [-0.15, -0.1) is 0 Å². The van der Waals surface area contributed by atoms with Gasteiger partial charge in [0.15, 0.2) is 0 Å². The quantitative estimate of drug-likeness (QED) is 0.899. The largest absolute Gasteiger partial charge is 0.379 e. The highest BCUT2D eigenvalue weighted by Crippen LogP contribution is 2.21. The second-order valence-corrected chi connectivity index (χ2v) is 6.46. The number of nitrogens with zero attached hydrogens (tertiary/aromatic N) is 3. The van der Waals surface area contributed by atoms with Crippen LogP contribution in [0.25, 0.3) is 0 Å². The first-order valence-electron chi connectivity index (χ1n) is 8.77.